The zero-order valence-corrected chi connectivity index (χ0v) is 9.09. The van der Waals surface area contributed by atoms with Gasteiger partial charge in [0.25, 0.3) is 0 Å². The van der Waals surface area contributed by atoms with Crippen molar-refractivity contribution in [3.8, 4) is 0 Å². The molecule has 0 aromatic heterocycles. The number of aliphatic hydroxyl groups excluding tert-OH is 1. The highest BCUT2D eigenvalue weighted by Gasteiger charge is 2.27. The van der Waals surface area contributed by atoms with Crippen LogP contribution in [0.4, 0.5) is 0 Å². The van der Waals surface area contributed by atoms with E-state index in [1.807, 2.05) is 0 Å². The molecule has 2 N–H and O–H groups in total. The van der Waals surface area contributed by atoms with Gasteiger partial charge in [0.2, 0.25) is 10.0 Å². The molecule has 0 heterocycles. The lowest BCUT2D eigenvalue weighted by atomic mass is 10.3. The minimum atomic E-state index is -3.30. The van der Waals surface area contributed by atoms with Crippen LogP contribution in [0.5, 0.6) is 0 Å². The third-order valence-electron chi connectivity index (χ3n) is 2.42. The summed E-state index contributed by atoms with van der Waals surface area (Å²) >= 11 is 0. The molecule has 5 nitrogen and oxygen atoms in total. The van der Waals surface area contributed by atoms with Gasteiger partial charge in [-0.15, -0.1) is 0 Å². The van der Waals surface area contributed by atoms with E-state index in [2.05, 4.69) is 4.72 Å². The first-order valence-electron chi connectivity index (χ1n) is 4.71. The van der Waals surface area contributed by atoms with E-state index < -0.39 is 10.0 Å². The highest BCUT2D eigenvalue weighted by molar-refractivity contribution is 7.89. The molecule has 1 rings (SSSR count). The fourth-order valence-electron chi connectivity index (χ4n) is 1.69. The molecule has 1 fully saturated rings. The van der Waals surface area contributed by atoms with Crippen molar-refractivity contribution in [3.63, 3.8) is 0 Å². The molecule has 0 aromatic carbocycles. The van der Waals surface area contributed by atoms with Crippen molar-refractivity contribution in [1.82, 2.24) is 4.72 Å². The van der Waals surface area contributed by atoms with Gasteiger partial charge >= 0.3 is 0 Å². The normalized spacial score (nSPS) is 28.1. The molecule has 0 radical (unpaired) electrons. The van der Waals surface area contributed by atoms with E-state index in [9.17, 15) is 8.42 Å². The molecule has 6 heteroatoms. The molecule has 0 spiro atoms. The van der Waals surface area contributed by atoms with Gasteiger partial charge in [0, 0.05) is 13.2 Å². The lowest BCUT2D eigenvalue weighted by Gasteiger charge is -2.12. The number of hydrogen-bond donors (Lipinski definition) is 2. The Hall–Kier alpha value is -0.170. The Morgan fingerprint density at radius 1 is 1.50 bits per heavy atom. The highest BCUT2D eigenvalue weighted by atomic mass is 32.2. The Morgan fingerprint density at radius 3 is 2.71 bits per heavy atom. The number of sulfonamides is 1. The second-order valence-electron chi connectivity index (χ2n) is 3.53. The minimum Gasteiger partial charge on any atom is -0.395 e. The second-order valence-corrected chi connectivity index (χ2v) is 5.40. The lowest BCUT2D eigenvalue weighted by molar-refractivity contribution is 0.107. The van der Waals surface area contributed by atoms with Crippen LogP contribution in [0.2, 0.25) is 0 Å². The zero-order chi connectivity index (χ0) is 10.6. The van der Waals surface area contributed by atoms with Crippen LogP contribution in [0, 0.1) is 0 Å². The smallest absolute Gasteiger partial charge is 0.214 e. The van der Waals surface area contributed by atoms with Crippen LogP contribution < -0.4 is 4.72 Å². The molecule has 0 aromatic rings. The molecule has 1 aliphatic rings. The summed E-state index contributed by atoms with van der Waals surface area (Å²) in [6.45, 7) is -0.338. The van der Waals surface area contributed by atoms with E-state index in [1.54, 1.807) is 7.11 Å². The molecule has 14 heavy (non-hydrogen) atoms. The maximum Gasteiger partial charge on any atom is 0.214 e. The Morgan fingerprint density at radius 2 is 2.21 bits per heavy atom. The molecule has 1 aliphatic carbocycles. The Labute approximate surface area is 84.5 Å². The van der Waals surface area contributed by atoms with Crippen molar-refractivity contribution in [2.75, 3.05) is 19.5 Å². The van der Waals surface area contributed by atoms with Crippen LogP contribution in [-0.2, 0) is 14.8 Å². The molecule has 2 atom stereocenters. The summed E-state index contributed by atoms with van der Waals surface area (Å²) in [5.74, 6) is -0.221. The Bertz CT molecular complexity index is 265. The maximum atomic E-state index is 11.3. The number of rotatable bonds is 5. The van der Waals surface area contributed by atoms with Crippen molar-refractivity contribution in [2.45, 2.75) is 31.4 Å². The standard InChI is InChI=1S/C8H17NO4S/c1-13-8-3-2-7(6-8)9-14(11,12)5-4-10/h7-10H,2-6H2,1H3. The Balaban J connectivity index is 2.39. The summed E-state index contributed by atoms with van der Waals surface area (Å²) in [4.78, 5) is 0. The first-order chi connectivity index (χ1) is 6.57. The van der Waals surface area contributed by atoms with E-state index in [0.29, 0.717) is 0 Å². The molecule has 0 bridgehead atoms. The van der Waals surface area contributed by atoms with Crippen molar-refractivity contribution in [3.05, 3.63) is 0 Å². The first kappa shape index (κ1) is 11.9. The summed E-state index contributed by atoms with van der Waals surface area (Å²) in [7, 11) is -1.67. The van der Waals surface area contributed by atoms with Gasteiger partial charge in [-0.1, -0.05) is 0 Å². The molecule has 0 aliphatic heterocycles. The lowest BCUT2D eigenvalue weighted by Crippen LogP contribution is -2.35. The molecular formula is C8H17NO4S. The number of methoxy groups -OCH3 is 1. The number of aliphatic hydroxyl groups is 1. The van der Waals surface area contributed by atoms with Crippen LogP contribution in [-0.4, -0.2) is 45.1 Å². The van der Waals surface area contributed by atoms with Gasteiger partial charge < -0.3 is 9.84 Å². The third-order valence-corrected chi connectivity index (χ3v) is 3.84. The van der Waals surface area contributed by atoms with Crippen LogP contribution in [0.1, 0.15) is 19.3 Å². The molecule has 2 unspecified atom stereocenters. The van der Waals surface area contributed by atoms with Gasteiger partial charge in [0.05, 0.1) is 18.5 Å². The number of nitrogens with one attached hydrogen (secondary N) is 1. The van der Waals surface area contributed by atoms with E-state index in [0.717, 1.165) is 19.3 Å². The predicted octanol–water partition coefficient (Wildman–Crippen LogP) is -0.534. The quantitative estimate of drug-likeness (QED) is 0.656. The molecule has 0 amide bonds. The number of hydrogen-bond acceptors (Lipinski definition) is 4. The minimum absolute atomic E-state index is 0.0310. The van der Waals surface area contributed by atoms with E-state index in [1.165, 1.54) is 0 Å². The summed E-state index contributed by atoms with van der Waals surface area (Å²) < 4.78 is 30.2. The average Bonchev–Trinajstić information content (AvgIpc) is 2.51. The largest absolute Gasteiger partial charge is 0.395 e. The highest BCUT2D eigenvalue weighted by Crippen LogP contribution is 2.21. The fraction of sp³-hybridized carbons (Fsp3) is 1.00. The SMILES string of the molecule is COC1CCC(NS(=O)(=O)CCO)C1. The van der Waals surface area contributed by atoms with Crippen LogP contribution >= 0.6 is 0 Å². The zero-order valence-electron chi connectivity index (χ0n) is 8.27. The van der Waals surface area contributed by atoms with Gasteiger partial charge in [-0.05, 0) is 19.3 Å². The van der Waals surface area contributed by atoms with Crippen molar-refractivity contribution in [1.29, 1.82) is 0 Å². The van der Waals surface area contributed by atoms with E-state index in [4.69, 9.17) is 9.84 Å². The fourth-order valence-corrected chi connectivity index (χ4v) is 2.77. The third kappa shape index (κ3) is 3.53. The molecule has 0 saturated heterocycles. The summed E-state index contributed by atoms with van der Waals surface area (Å²) in [5, 5.41) is 8.53. The van der Waals surface area contributed by atoms with Crippen molar-refractivity contribution >= 4 is 10.0 Å². The van der Waals surface area contributed by atoms with Gasteiger partial charge in [0.1, 0.15) is 0 Å². The summed E-state index contributed by atoms with van der Waals surface area (Å²) in [6, 6.07) is -0.0310. The number of ether oxygens (including phenoxy) is 1. The van der Waals surface area contributed by atoms with Gasteiger partial charge in [-0.25, -0.2) is 13.1 Å². The van der Waals surface area contributed by atoms with Crippen LogP contribution in [0.3, 0.4) is 0 Å². The predicted molar refractivity (Wildman–Crippen MR) is 52.4 cm³/mol. The topological polar surface area (TPSA) is 75.6 Å². The Kier molecular flexibility index (Phi) is 4.31. The van der Waals surface area contributed by atoms with Crippen molar-refractivity contribution in [2.24, 2.45) is 0 Å². The van der Waals surface area contributed by atoms with Crippen LogP contribution in [0.15, 0.2) is 0 Å². The van der Waals surface area contributed by atoms with E-state index >= 15 is 0 Å². The monoisotopic (exact) mass is 223 g/mol. The van der Waals surface area contributed by atoms with Gasteiger partial charge in [-0.3, -0.25) is 0 Å². The van der Waals surface area contributed by atoms with Gasteiger partial charge in [-0.2, -0.15) is 0 Å². The first-order valence-corrected chi connectivity index (χ1v) is 6.36. The summed E-state index contributed by atoms with van der Waals surface area (Å²) in [6.07, 6.45) is 2.59. The summed E-state index contributed by atoms with van der Waals surface area (Å²) in [5.41, 5.74) is 0. The van der Waals surface area contributed by atoms with Gasteiger partial charge in [0.15, 0.2) is 0 Å². The molecular weight excluding hydrogens is 206 g/mol. The molecule has 1 saturated carbocycles. The van der Waals surface area contributed by atoms with Crippen molar-refractivity contribution < 1.29 is 18.3 Å². The maximum absolute atomic E-state index is 11.3. The van der Waals surface area contributed by atoms with E-state index in [-0.39, 0.29) is 24.5 Å². The average molecular weight is 223 g/mol. The second kappa shape index (κ2) is 5.06. The van der Waals surface area contributed by atoms with Crippen LogP contribution in [0.25, 0.3) is 0 Å². The molecule has 84 valence electrons.